The molecule has 0 unspecified atom stereocenters. The number of nitrogens with one attached hydrogen (secondary N) is 1. The van der Waals surface area contributed by atoms with Gasteiger partial charge < -0.3 is 10.1 Å². The molecule has 2 nitrogen and oxygen atoms in total. The molecule has 0 saturated carbocycles. The van der Waals surface area contributed by atoms with Crippen LogP contribution in [0.4, 0.5) is 4.39 Å². The van der Waals surface area contributed by atoms with Crippen LogP contribution in [0.3, 0.4) is 0 Å². The third-order valence-electron chi connectivity index (χ3n) is 1.81. The average molecular weight is 232 g/mol. The summed E-state index contributed by atoms with van der Waals surface area (Å²) >= 11 is 5.79. The molecule has 1 N–H and O–H groups in total. The van der Waals surface area contributed by atoms with Crippen LogP contribution < -0.4 is 10.1 Å². The smallest absolute Gasteiger partial charge is 0.138 e. The van der Waals surface area contributed by atoms with Gasteiger partial charge in [-0.15, -0.1) is 0 Å². The molecule has 0 saturated heterocycles. The van der Waals surface area contributed by atoms with E-state index in [9.17, 15) is 4.39 Å². The molecule has 0 aliphatic rings. The van der Waals surface area contributed by atoms with Gasteiger partial charge in [0.25, 0.3) is 0 Å². The number of benzene rings is 1. The summed E-state index contributed by atoms with van der Waals surface area (Å²) in [5.41, 5.74) is 0. The van der Waals surface area contributed by atoms with E-state index in [0.717, 1.165) is 6.54 Å². The summed E-state index contributed by atoms with van der Waals surface area (Å²) in [6.07, 6.45) is 0. The van der Waals surface area contributed by atoms with Crippen LogP contribution in [0, 0.1) is 5.82 Å². The normalized spacial score (nSPS) is 10.7. The van der Waals surface area contributed by atoms with Crippen molar-refractivity contribution in [2.75, 3.05) is 13.2 Å². The Morgan fingerprint density at radius 2 is 2.20 bits per heavy atom. The van der Waals surface area contributed by atoms with Crippen LogP contribution in [0.25, 0.3) is 0 Å². The monoisotopic (exact) mass is 231 g/mol. The maximum Gasteiger partial charge on any atom is 0.138 e. The molecule has 0 amide bonds. The van der Waals surface area contributed by atoms with Gasteiger partial charge in [-0.25, -0.2) is 4.39 Å². The Morgan fingerprint density at radius 1 is 1.47 bits per heavy atom. The fourth-order valence-corrected chi connectivity index (χ4v) is 1.32. The largest absolute Gasteiger partial charge is 0.491 e. The molecule has 15 heavy (non-hydrogen) atoms. The highest BCUT2D eigenvalue weighted by atomic mass is 35.5. The summed E-state index contributed by atoms with van der Waals surface area (Å²) in [7, 11) is 0. The highest BCUT2D eigenvalue weighted by Crippen LogP contribution is 2.24. The van der Waals surface area contributed by atoms with E-state index in [1.807, 2.05) is 0 Å². The molecular formula is C11H15ClFNO. The van der Waals surface area contributed by atoms with Gasteiger partial charge in [0, 0.05) is 12.6 Å². The van der Waals surface area contributed by atoms with Crippen LogP contribution in [0.1, 0.15) is 13.8 Å². The molecule has 0 aliphatic heterocycles. The van der Waals surface area contributed by atoms with Crippen molar-refractivity contribution in [3.63, 3.8) is 0 Å². The van der Waals surface area contributed by atoms with Crippen molar-refractivity contribution in [3.05, 3.63) is 29.0 Å². The Kier molecular flexibility index (Phi) is 4.85. The van der Waals surface area contributed by atoms with Gasteiger partial charge in [-0.05, 0) is 18.2 Å². The minimum atomic E-state index is -0.354. The van der Waals surface area contributed by atoms with Crippen molar-refractivity contribution in [2.24, 2.45) is 0 Å². The van der Waals surface area contributed by atoms with Crippen LogP contribution in [0.5, 0.6) is 5.75 Å². The predicted molar refractivity (Wildman–Crippen MR) is 60.0 cm³/mol. The van der Waals surface area contributed by atoms with Crippen LogP contribution >= 0.6 is 11.6 Å². The number of ether oxygens (including phenoxy) is 1. The third kappa shape index (κ3) is 4.49. The molecule has 0 atom stereocenters. The van der Waals surface area contributed by atoms with Gasteiger partial charge in [0.15, 0.2) is 0 Å². The summed E-state index contributed by atoms with van der Waals surface area (Å²) in [5, 5.41) is 3.51. The quantitative estimate of drug-likeness (QED) is 0.787. The molecule has 0 heterocycles. The minimum Gasteiger partial charge on any atom is -0.491 e. The molecule has 1 rings (SSSR count). The van der Waals surface area contributed by atoms with Crippen LogP contribution in [0.15, 0.2) is 18.2 Å². The van der Waals surface area contributed by atoms with Crippen LogP contribution in [-0.2, 0) is 0 Å². The van der Waals surface area contributed by atoms with E-state index in [2.05, 4.69) is 19.2 Å². The lowest BCUT2D eigenvalue weighted by Crippen LogP contribution is -2.27. The molecule has 0 radical (unpaired) electrons. The van der Waals surface area contributed by atoms with Crippen molar-refractivity contribution in [3.8, 4) is 5.75 Å². The lowest BCUT2D eigenvalue weighted by molar-refractivity contribution is 0.308. The Labute approximate surface area is 94.4 Å². The van der Waals surface area contributed by atoms with E-state index in [1.165, 1.54) is 18.2 Å². The molecule has 0 aromatic heterocycles. The first-order valence-electron chi connectivity index (χ1n) is 4.91. The van der Waals surface area contributed by atoms with Crippen LogP contribution in [0.2, 0.25) is 5.02 Å². The van der Waals surface area contributed by atoms with Crippen molar-refractivity contribution < 1.29 is 9.13 Å². The van der Waals surface area contributed by atoms with Gasteiger partial charge in [0.2, 0.25) is 0 Å². The van der Waals surface area contributed by atoms with Gasteiger partial charge in [-0.1, -0.05) is 25.4 Å². The van der Waals surface area contributed by atoms with Crippen LogP contribution in [-0.4, -0.2) is 19.2 Å². The molecular weight excluding hydrogens is 217 g/mol. The zero-order valence-electron chi connectivity index (χ0n) is 8.89. The second kappa shape index (κ2) is 5.93. The van der Waals surface area contributed by atoms with E-state index in [1.54, 1.807) is 0 Å². The fourth-order valence-electron chi connectivity index (χ4n) is 1.10. The van der Waals surface area contributed by atoms with Gasteiger partial charge in [-0.2, -0.15) is 0 Å². The summed E-state index contributed by atoms with van der Waals surface area (Å²) in [4.78, 5) is 0. The van der Waals surface area contributed by atoms with E-state index in [4.69, 9.17) is 16.3 Å². The second-order valence-corrected chi connectivity index (χ2v) is 3.94. The molecule has 0 spiro atoms. The standard InChI is InChI=1S/C11H15ClFNO/c1-8(2)14-5-6-15-11-4-3-9(13)7-10(11)12/h3-4,7-8,14H,5-6H2,1-2H3. The summed E-state index contributed by atoms with van der Waals surface area (Å²) < 4.78 is 18.1. The predicted octanol–water partition coefficient (Wildman–Crippen LogP) is 2.86. The third-order valence-corrected chi connectivity index (χ3v) is 2.10. The van der Waals surface area contributed by atoms with Crippen molar-refractivity contribution in [2.45, 2.75) is 19.9 Å². The maximum atomic E-state index is 12.7. The van der Waals surface area contributed by atoms with Gasteiger partial charge in [0.1, 0.15) is 18.2 Å². The van der Waals surface area contributed by atoms with Gasteiger partial charge in [0.05, 0.1) is 5.02 Å². The first-order valence-corrected chi connectivity index (χ1v) is 5.28. The molecule has 84 valence electrons. The van der Waals surface area contributed by atoms with Crippen molar-refractivity contribution >= 4 is 11.6 Å². The topological polar surface area (TPSA) is 21.3 Å². The first kappa shape index (κ1) is 12.3. The van der Waals surface area contributed by atoms with Crippen molar-refractivity contribution in [1.82, 2.24) is 5.32 Å². The zero-order chi connectivity index (χ0) is 11.3. The maximum absolute atomic E-state index is 12.7. The minimum absolute atomic E-state index is 0.305. The molecule has 0 aliphatic carbocycles. The number of halogens is 2. The number of rotatable bonds is 5. The molecule has 0 bridgehead atoms. The Bertz CT molecular complexity index is 317. The van der Waals surface area contributed by atoms with Gasteiger partial charge in [-0.3, -0.25) is 0 Å². The Morgan fingerprint density at radius 3 is 2.80 bits per heavy atom. The number of hydrogen-bond donors (Lipinski definition) is 1. The molecule has 1 aromatic rings. The second-order valence-electron chi connectivity index (χ2n) is 3.53. The summed E-state index contributed by atoms with van der Waals surface area (Å²) in [6.45, 7) is 5.38. The fraction of sp³-hybridized carbons (Fsp3) is 0.455. The van der Waals surface area contributed by atoms with Gasteiger partial charge >= 0.3 is 0 Å². The Balaban J connectivity index is 2.37. The lowest BCUT2D eigenvalue weighted by atomic mass is 10.3. The lowest BCUT2D eigenvalue weighted by Gasteiger charge is -2.10. The summed E-state index contributed by atoms with van der Waals surface area (Å²) in [5.74, 6) is 0.163. The van der Waals surface area contributed by atoms with E-state index < -0.39 is 0 Å². The van der Waals surface area contributed by atoms with E-state index >= 15 is 0 Å². The number of hydrogen-bond acceptors (Lipinski definition) is 2. The highest BCUT2D eigenvalue weighted by Gasteiger charge is 2.02. The molecule has 0 fully saturated rings. The van der Waals surface area contributed by atoms with Crippen molar-refractivity contribution in [1.29, 1.82) is 0 Å². The highest BCUT2D eigenvalue weighted by molar-refractivity contribution is 6.32. The summed E-state index contributed by atoms with van der Waals surface area (Å²) in [6, 6.07) is 4.54. The van der Waals surface area contributed by atoms with E-state index in [-0.39, 0.29) is 5.82 Å². The molecule has 1 aromatic carbocycles. The first-order chi connectivity index (χ1) is 7.09. The zero-order valence-corrected chi connectivity index (χ0v) is 9.64. The molecule has 4 heteroatoms. The average Bonchev–Trinajstić information content (AvgIpc) is 2.14. The van der Waals surface area contributed by atoms with E-state index in [0.29, 0.717) is 23.4 Å². The Hall–Kier alpha value is -0.800. The SMILES string of the molecule is CC(C)NCCOc1ccc(F)cc1Cl.